The van der Waals surface area contributed by atoms with E-state index in [4.69, 9.17) is 21.5 Å². The molecule has 0 spiro atoms. The summed E-state index contributed by atoms with van der Waals surface area (Å²) in [6, 6.07) is 7.06. The normalized spacial score (nSPS) is 11.3. The second-order valence-electron chi connectivity index (χ2n) is 3.96. The van der Waals surface area contributed by atoms with E-state index in [0.717, 1.165) is 11.0 Å². The molecular formula is C12H13N7O. The first-order valence-electron chi connectivity index (χ1n) is 5.79. The molecule has 0 amide bonds. The van der Waals surface area contributed by atoms with E-state index in [1.54, 1.807) is 24.5 Å². The predicted molar refractivity (Wildman–Crippen MR) is 75.4 cm³/mol. The maximum absolute atomic E-state index is 8.94. The number of nitrogens with zero attached hydrogens (tertiary/aromatic N) is 4. The first-order valence-corrected chi connectivity index (χ1v) is 5.79. The largest absolute Gasteiger partial charge is 0.395 e. The summed E-state index contributed by atoms with van der Waals surface area (Å²) in [6.07, 6.45) is 1.64. The number of hydrogen-bond acceptors (Lipinski definition) is 6. The monoisotopic (exact) mass is 271 g/mol. The first kappa shape index (κ1) is 13.5. The van der Waals surface area contributed by atoms with E-state index in [1.807, 2.05) is 10.6 Å². The molecule has 0 unspecified atom stereocenters. The summed E-state index contributed by atoms with van der Waals surface area (Å²) < 4.78 is 1.83. The van der Waals surface area contributed by atoms with E-state index < -0.39 is 5.84 Å². The molecule has 8 nitrogen and oxygen atoms in total. The summed E-state index contributed by atoms with van der Waals surface area (Å²) in [5.41, 5.74) is 9.91. The minimum Gasteiger partial charge on any atom is -0.395 e. The molecule has 0 aliphatic heterocycles. The number of rotatable bonds is 5. The molecule has 0 bridgehead atoms. The van der Waals surface area contributed by atoms with Gasteiger partial charge in [-0.25, -0.2) is 4.98 Å². The number of aromatic nitrogens is 2. The van der Waals surface area contributed by atoms with E-state index >= 15 is 0 Å². The van der Waals surface area contributed by atoms with Crippen LogP contribution >= 0.6 is 0 Å². The molecule has 0 aliphatic carbocycles. The van der Waals surface area contributed by atoms with Crippen LogP contribution in [-0.4, -0.2) is 32.8 Å². The van der Waals surface area contributed by atoms with Crippen LogP contribution in [0.3, 0.4) is 0 Å². The Morgan fingerprint density at radius 3 is 3.05 bits per heavy atom. The van der Waals surface area contributed by atoms with Crippen LogP contribution in [0.1, 0.15) is 0 Å². The highest BCUT2D eigenvalue weighted by Crippen LogP contribution is 2.18. The Labute approximate surface area is 114 Å². The number of hydrogen-bond donors (Lipinski definition) is 4. The molecule has 0 saturated heterocycles. The number of aliphatic hydroxyl groups is 1. The van der Waals surface area contributed by atoms with Crippen LogP contribution < -0.4 is 11.2 Å². The highest BCUT2D eigenvalue weighted by atomic mass is 16.3. The van der Waals surface area contributed by atoms with Crippen LogP contribution in [0, 0.1) is 16.7 Å². The molecule has 102 valence electrons. The number of nitrogens with one attached hydrogen (secondary N) is 2. The maximum atomic E-state index is 8.94. The number of benzene rings is 1. The van der Waals surface area contributed by atoms with Crippen LogP contribution in [0.5, 0.6) is 0 Å². The standard InChI is InChI=1S/C12H13N7O/c13-6-10(12(14)15)18-17-8-1-2-11-9(5-8)16-7-19(11)3-4-20/h1-2,5,7,17,20H,3-4H2,(H3,14,15)/b18-10+. The van der Waals surface area contributed by atoms with Gasteiger partial charge in [0.15, 0.2) is 5.84 Å². The minimum absolute atomic E-state index is 0.0416. The average Bonchev–Trinajstić information content (AvgIpc) is 2.82. The van der Waals surface area contributed by atoms with Crippen LogP contribution in [-0.2, 0) is 6.54 Å². The third-order valence-electron chi connectivity index (χ3n) is 2.62. The summed E-state index contributed by atoms with van der Waals surface area (Å²) in [6.45, 7) is 0.518. The summed E-state index contributed by atoms with van der Waals surface area (Å²) in [7, 11) is 0. The molecule has 8 heteroatoms. The van der Waals surface area contributed by atoms with E-state index in [2.05, 4.69) is 15.5 Å². The summed E-state index contributed by atoms with van der Waals surface area (Å²) in [4.78, 5) is 4.21. The number of imidazole rings is 1. The van der Waals surface area contributed by atoms with Crippen LogP contribution in [0.25, 0.3) is 11.0 Å². The molecule has 0 aliphatic rings. The Balaban J connectivity index is 2.25. The van der Waals surface area contributed by atoms with Gasteiger partial charge in [0.25, 0.3) is 0 Å². The van der Waals surface area contributed by atoms with Crippen molar-refractivity contribution in [2.24, 2.45) is 10.8 Å². The third kappa shape index (κ3) is 2.73. The lowest BCUT2D eigenvalue weighted by molar-refractivity contribution is 0.278. The van der Waals surface area contributed by atoms with Crippen LogP contribution in [0.2, 0.25) is 0 Å². The van der Waals surface area contributed by atoms with E-state index in [9.17, 15) is 0 Å². The van der Waals surface area contributed by atoms with Crippen molar-refractivity contribution in [2.45, 2.75) is 6.54 Å². The van der Waals surface area contributed by atoms with Gasteiger partial charge < -0.3 is 15.4 Å². The molecule has 1 aromatic heterocycles. The number of nitrogens with two attached hydrogens (primary N) is 1. The van der Waals surface area contributed by atoms with Gasteiger partial charge in [0, 0.05) is 6.54 Å². The minimum atomic E-state index is -0.395. The number of anilines is 1. The van der Waals surface area contributed by atoms with E-state index in [0.29, 0.717) is 12.2 Å². The molecule has 2 rings (SSSR count). The molecule has 0 atom stereocenters. The first-order chi connectivity index (χ1) is 9.65. The van der Waals surface area contributed by atoms with Crippen molar-refractivity contribution >= 4 is 28.3 Å². The van der Waals surface area contributed by atoms with Gasteiger partial charge in [-0.2, -0.15) is 10.4 Å². The number of aliphatic hydroxyl groups excluding tert-OH is 1. The van der Waals surface area contributed by atoms with Crippen LogP contribution in [0.4, 0.5) is 5.69 Å². The Morgan fingerprint density at radius 1 is 1.60 bits per heavy atom. The van der Waals surface area contributed by atoms with Gasteiger partial charge in [-0.1, -0.05) is 0 Å². The number of fused-ring (bicyclic) bond motifs is 1. The van der Waals surface area contributed by atoms with Crippen LogP contribution in [0.15, 0.2) is 29.6 Å². The fourth-order valence-electron chi connectivity index (χ4n) is 1.69. The molecule has 0 saturated carbocycles. The summed E-state index contributed by atoms with van der Waals surface area (Å²) in [5.74, 6) is -0.395. The quantitative estimate of drug-likeness (QED) is 0.351. The lowest BCUT2D eigenvalue weighted by Gasteiger charge is -2.03. The van der Waals surface area contributed by atoms with Gasteiger partial charge in [-0.15, -0.1) is 0 Å². The molecule has 0 fully saturated rings. The van der Waals surface area contributed by atoms with Gasteiger partial charge in [0.1, 0.15) is 6.07 Å². The van der Waals surface area contributed by atoms with Crippen molar-refractivity contribution in [3.8, 4) is 6.07 Å². The maximum Gasteiger partial charge on any atom is 0.201 e. The second-order valence-corrected chi connectivity index (χ2v) is 3.96. The van der Waals surface area contributed by atoms with Crippen molar-refractivity contribution in [2.75, 3.05) is 12.0 Å². The topological polar surface area (TPSA) is 136 Å². The second kappa shape index (κ2) is 5.81. The van der Waals surface area contributed by atoms with Gasteiger partial charge in [-0.05, 0) is 18.2 Å². The van der Waals surface area contributed by atoms with Gasteiger partial charge >= 0.3 is 0 Å². The fourth-order valence-corrected chi connectivity index (χ4v) is 1.69. The third-order valence-corrected chi connectivity index (χ3v) is 2.62. The van der Waals surface area contributed by atoms with E-state index in [-0.39, 0.29) is 12.3 Å². The summed E-state index contributed by atoms with van der Waals surface area (Å²) in [5, 5.41) is 28.5. The smallest absolute Gasteiger partial charge is 0.201 e. The van der Waals surface area contributed by atoms with Crippen molar-refractivity contribution in [1.82, 2.24) is 9.55 Å². The van der Waals surface area contributed by atoms with Crippen molar-refractivity contribution in [3.05, 3.63) is 24.5 Å². The van der Waals surface area contributed by atoms with Crippen molar-refractivity contribution in [1.29, 1.82) is 10.7 Å². The van der Waals surface area contributed by atoms with Gasteiger partial charge in [-0.3, -0.25) is 10.8 Å². The predicted octanol–water partition coefficient (Wildman–Crippen LogP) is 0.256. The Morgan fingerprint density at radius 2 is 2.40 bits per heavy atom. The SMILES string of the molecule is N#C/C(=N\Nc1ccc2c(c1)ncn2CCO)C(=N)N. The number of amidine groups is 1. The Hall–Kier alpha value is -2.92. The Bertz CT molecular complexity index is 710. The lowest BCUT2D eigenvalue weighted by Crippen LogP contribution is -2.21. The zero-order valence-corrected chi connectivity index (χ0v) is 10.5. The zero-order chi connectivity index (χ0) is 14.5. The fraction of sp³-hybridized carbons (Fsp3) is 0.167. The molecule has 5 N–H and O–H groups in total. The molecule has 1 aromatic carbocycles. The Kier molecular flexibility index (Phi) is 3.93. The molecule has 20 heavy (non-hydrogen) atoms. The van der Waals surface area contributed by atoms with Gasteiger partial charge in [0.2, 0.25) is 5.71 Å². The average molecular weight is 271 g/mol. The van der Waals surface area contributed by atoms with E-state index in [1.165, 1.54) is 0 Å². The molecule has 2 aromatic rings. The molecule has 0 radical (unpaired) electrons. The number of hydrazone groups is 1. The highest BCUT2D eigenvalue weighted by molar-refractivity contribution is 6.45. The number of nitriles is 1. The lowest BCUT2D eigenvalue weighted by atomic mass is 10.3. The van der Waals surface area contributed by atoms with Crippen molar-refractivity contribution < 1.29 is 5.11 Å². The van der Waals surface area contributed by atoms with Crippen molar-refractivity contribution in [3.63, 3.8) is 0 Å². The molecular weight excluding hydrogens is 258 g/mol. The summed E-state index contributed by atoms with van der Waals surface area (Å²) >= 11 is 0. The van der Waals surface area contributed by atoms with Gasteiger partial charge in [0.05, 0.1) is 29.7 Å². The highest BCUT2D eigenvalue weighted by Gasteiger charge is 2.04. The zero-order valence-electron chi connectivity index (χ0n) is 10.5. The molecule has 1 heterocycles.